The molecule has 0 aliphatic heterocycles. The van der Waals surface area contributed by atoms with E-state index in [4.69, 9.17) is 22.1 Å². The van der Waals surface area contributed by atoms with E-state index in [-0.39, 0.29) is 5.91 Å². The Labute approximate surface area is 152 Å². The van der Waals surface area contributed by atoms with Crippen molar-refractivity contribution in [2.45, 2.75) is 20.4 Å². The Kier molecular flexibility index (Phi) is 6.47. The second-order valence-corrected chi connectivity index (χ2v) is 5.86. The van der Waals surface area contributed by atoms with Crippen molar-refractivity contribution in [3.8, 4) is 5.75 Å². The lowest BCUT2D eigenvalue weighted by molar-refractivity contribution is 0.0948. The summed E-state index contributed by atoms with van der Waals surface area (Å²) >= 11 is 6.00. The van der Waals surface area contributed by atoms with Gasteiger partial charge in [0.25, 0.3) is 5.91 Å². The third-order valence-electron chi connectivity index (χ3n) is 3.91. The highest BCUT2D eigenvalue weighted by molar-refractivity contribution is 6.33. The van der Waals surface area contributed by atoms with Gasteiger partial charge in [0.1, 0.15) is 11.6 Å². The standard InChI is InChI=1S/C18H23ClN4O2/c1-4-23(5-2)17-7-6-12(10-21-17)11-22-18(24)13-8-14(19)15(20)9-16(13)25-3/h6-10H,4-5,11,20H2,1-3H3,(H,22,24). The van der Waals surface area contributed by atoms with Gasteiger partial charge in [-0.15, -0.1) is 0 Å². The molecule has 134 valence electrons. The van der Waals surface area contributed by atoms with Crippen LogP contribution in [0.25, 0.3) is 0 Å². The van der Waals surface area contributed by atoms with Crippen molar-refractivity contribution in [3.63, 3.8) is 0 Å². The quantitative estimate of drug-likeness (QED) is 0.740. The first-order valence-corrected chi connectivity index (χ1v) is 8.49. The van der Waals surface area contributed by atoms with Crippen molar-refractivity contribution in [1.29, 1.82) is 0 Å². The van der Waals surface area contributed by atoms with Crippen LogP contribution < -0.4 is 20.7 Å². The molecule has 1 aromatic heterocycles. The Morgan fingerprint density at radius 1 is 1.32 bits per heavy atom. The summed E-state index contributed by atoms with van der Waals surface area (Å²) in [6.45, 7) is 6.33. The van der Waals surface area contributed by atoms with Crippen LogP contribution in [0.1, 0.15) is 29.8 Å². The molecule has 2 aromatic rings. The van der Waals surface area contributed by atoms with Crippen molar-refractivity contribution >= 4 is 29.0 Å². The summed E-state index contributed by atoms with van der Waals surface area (Å²) < 4.78 is 5.20. The summed E-state index contributed by atoms with van der Waals surface area (Å²) in [5.74, 6) is 1.02. The number of anilines is 2. The number of nitrogens with two attached hydrogens (primary N) is 1. The maximum atomic E-state index is 12.4. The number of amides is 1. The molecule has 0 unspecified atom stereocenters. The molecule has 6 nitrogen and oxygen atoms in total. The van der Waals surface area contributed by atoms with Gasteiger partial charge in [0.2, 0.25) is 0 Å². The summed E-state index contributed by atoms with van der Waals surface area (Å²) in [5, 5.41) is 3.16. The van der Waals surface area contributed by atoms with Gasteiger partial charge in [0, 0.05) is 31.9 Å². The first-order chi connectivity index (χ1) is 12.0. The first kappa shape index (κ1) is 18.9. The molecule has 0 bridgehead atoms. The average Bonchev–Trinajstić information content (AvgIpc) is 2.63. The lowest BCUT2D eigenvalue weighted by Gasteiger charge is -2.19. The SMILES string of the molecule is CCN(CC)c1ccc(CNC(=O)c2cc(Cl)c(N)cc2OC)cn1. The number of aromatic nitrogens is 1. The van der Waals surface area contributed by atoms with Gasteiger partial charge in [-0.25, -0.2) is 4.98 Å². The molecule has 1 heterocycles. The molecule has 3 N–H and O–H groups in total. The van der Waals surface area contributed by atoms with Crippen LogP contribution >= 0.6 is 11.6 Å². The van der Waals surface area contributed by atoms with Crippen molar-refractivity contribution in [1.82, 2.24) is 10.3 Å². The number of hydrogen-bond acceptors (Lipinski definition) is 5. The second-order valence-electron chi connectivity index (χ2n) is 5.45. The zero-order valence-electron chi connectivity index (χ0n) is 14.7. The van der Waals surface area contributed by atoms with Crippen molar-refractivity contribution in [2.24, 2.45) is 0 Å². The molecule has 0 spiro atoms. The largest absolute Gasteiger partial charge is 0.496 e. The number of nitrogen functional groups attached to an aromatic ring is 1. The summed E-state index contributed by atoms with van der Waals surface area (Å²) in [7, 11) is 1.48. The number of nitrogens with one attached hydrogen (secondary N) is 1. The van der Waals surface area contributed by atoms with E-state index in [1.165, 1.54) is 19.2 Å². The lowest BCUT2D eigenvalue weighted by atomic mass is 10.1. The van der Waals surface area contributed by atoms with Crippen molar-refractivity contribution in [2.75, 3.05) is 30.8 Å². The summed E-state index contributed by atoms with van der Waals surface area (Å²) in [6.07, 6.45) is 1.77. The van der Waals surface area contributed by atoms with E-state index < -0.39 is 0 Å². The number of rotatable bonds is 7. The highest BCUT2D eigenvalue weighted by Gasteiger charge is 2.15. The van der Waals surface area contributed by atoms with Crippen LogP contribution in [0, 0.1) is 0 Å². The van der Waals surface area contributed by atoms with E-state index in [1.807, 2.05) is 12.1 Å². The van der Waals surface area contributed by atoms with E-state index in [1.54, 1.807) is 6.20 Å². The third-order valence-corrected chi connectivity index (χ3v) is 4.24. The Morgan fingerprint density at radius 2 is 2.04 bits per heavy atom. The normalized spacial score (nSPS) is 10.4. The van der Waals surface area contributed by atoms with Gasteiger partial charge in [0.05, 0.1) is 23.4 Å². The molecule has 0 atom stereocenters. The van der Waals surface area contributed by atoms with Gasteiger partial charge in [-0.2, -0.15) is 0 Å². The molecule has 1 aromatic carbocycles. The fourth-order valence-electron chi connectivity index (χ4n) is 2.45. The number of pyridine rings is 1. The molecule has 1 amide bonds. The predicted octanol–water partition coefficient (Wildman–Crippen LogP) is 3.10. The maximum absolute atomic E-state index is 12.4. The molecule has 0 saturated heterocycles. The molecule has 25 heavy (non-hydrogen) atoms. The lowest BCUT2D eigenvalue weighted by Crippen LogP contribution is -2.24. The highest BCUT2D eigenvalue weighted by Crippen LogP contribution is 2.28. The smallest absolute Gasteiger partial charge is 0.255 e. The number of ether oxygens (including phenoxy) is 1. The van der Waals surface area contributed by atoms with Gasteiger partial charge in [-0.05, 0) is 31.5 Å². The summed E-state index contributed by atoms with van der Waals surface area (Å²) in [4.78, 5) is 19.0. The van der Waals surface area contributed by atoms with Crippen LogP contribution in [-0.4, -0.2) is 31.1 Å². The minimum Gasteiger partial charge on any atom is -0.496 e. The Hall–Kier alpha value is -2.47. The van der Waals surface area contributed by atoms with E-state index >= 15 is 0 Å². The van der Waals surface area contributed by atoms with Gasteiger partial charge in [-0.3, -0.25) is 4.79 Å². The highest BCUT2D eigenvalue weighted by atomic mass is 35.5. The van der Waals surface area contributed by atoms with E-state index in [9.17, 15) is 4.79 Å². The average molecular weight is 363 g/mol. The van der Waals surface area contributed by atoms with Crippen LogP contribution in [0.3, 0.4) is 0 Å². The molecular formula is C18H23ClN4O2. The molecule has 0 aliphatic rings. The number of hydrogen-bond donors (Lipinski definition) is 2. The molecular weight excluding hydrogens is 340 g/mol. The van der Waals surface area contributed by atoms with Gasteiger partial charge in [0.15, 0.2) is 0 Å². The number of carbonyl (C=O) groups excluding carboxylic acids is 1. The van der Waals surface area contributed by atoms with Gasteiger partial charge in [-0.1, -0.05) is 17.7 Å². The Balaban J connectivity index is 2.06. The second kappa shape index (κ2) is 8.58. The van der Waals surface area contributed by atoms with E-state index in [2.05, 4.69) is 29.0 Å². The molecule has 0 saturated carbocycles. The molecule has 2 rings (SSSR count). The molecule has 0 fully saturated rings. The minimum atomic E-state index is -0.286. The van der Waals surface area contributed by atoms with Crippen LogP contribution in [0.5, 0.6) is 5.75 Å². The zero-order chi connectivity index (χ0) is 18.4. The predicted molar refractivity (Wildman–Crippen MR) is 101 cm³/mol. The van der Waals surface area contributed by atoms with Crippen molar-refractivity contribution < 1.29 is 9.53 Å². The summed E-state index contributed by atoms with van der Waals surface area (Å²) in [6, 6.07) is 6.95. The fourth-order valence-corrected chi connectivity index (χ4v) is 2.61. The van der Waals surface area contributed by atoms with E-state index in [0.717, 1.165) is 24.5 Å². The number of carbonyl (C=O) groups is 1. The summed E-state index contributed by atoms with van der Waals surface area (Å²) in [5.41, 5.74) is 7.35. The third kappa shape index (κ3) is 4.54. The van der Waals surface area contributed by atoms with Gasteiger partial charge < -0.3 is 20.7 Å². The van der Waals surface area contributed by atoms with E-state index in [0.29, 0.717) is 28.6 Å². The number of methoxy groups -OCH3 is 1. The topological polar surface area (TPSA) is 80.5 Å². The molecule has 0 radical (unpaired) electrons. The first-order valence-electron chi connectivity index (χ1n) is 8.11. The molecule has 0 aliphatic carbocycles. The maximum Gasteiger partial charge on any atom is 0.255 e. The van der Waals surface area contributed by atoms with Crippen LogP contribution in [0.4, 0.5) is 11.5 Å². The van der Waals surface area contributed by atoms with Crippen molar-refractivity contribution in [3.05, 3.63) is 46.6 Å². The molecule has 7 heteroatoms. The van der Waals surface area contributed by atoms with Crippen LogP contribution in [0.2, 0.25) is 5.02 Å². The Bertz CT molecular complexity index is 731. The fraction of sp³-hybridized carbons (Fsp3) is 0.333. The number of nitrogens with zero attached hydrogens (tertiary/aromatic N) is 2. The number of halogens is 1. The van der Waals surface area contributed by atoms with Gasteiger partial charge >= 0.3 is 0 Å². The Morgan fingerprint density at radius 3 is 2.60 bits per heavy atom. The monoisotopic (exact) mass is 362 g/mol. The minimum absolute atomic E-state index is 0.286. The van der Waals surface area contributed by atoms with Crippen LogP contribution in [-0.2, 0) is 6.54 Å². The number of benzene rings is 1. The zero-order valence-corrected chi connectivity index (χ0v) is 15.4. The van der Waals surface area contributed by atoms with Crippen LogP contribution in [0.15, 0.2) is 30.5 Å².